The summed E-state index contributed by atoms with van der Waals surface area (Å²) in [7, 11) is 3.81. The first-order valence-corrected chi connectivity index (χ1v) is 6.83. The number of hydrogen-bond donors (Lipinski definition) is 1. The minimum atomic E-state index is 0.161. The van der Waals surface area contributed by atoms with Gasteiger partial charge in [0.25, 0.3) is 0 Å². The second-order valence-electron chi connectivity index (χ2n) is 5.34. The summed E-state index contributed by atoms with van der Waals surface area (Å²) in [6.45, 7) is 3.27. The van der Waals surface area contributed by atoms with Gasteiger partial charge in [-0.1, -0.05) is 12.1 Å². The zero-order valence-electron chi connectivity index (χ0n) is 11.9. The first-order chi connectivity index (χ1) is 9.21. The fraction of sp³-hybridized carbons (Fsp3) is 0.600. The minimum Gasteiger partial charge on any atom is -0.495 e. The Morgan fingerprint density at radius 2 is 2.00 bits per heavy atom. The Morgan fingerprint density at radius 1 is 1.32 bits per heavy atom. The molecule has 4 heteroatoms. The highest BCUT2D eigenvalue weighted by Gasteiger charge is 2.32. The monoisotopic (exact) mass is 264 g/mol. The number of anilines is 1. The van der Waals surface area contributed by atoms with Crippen LogP contribution in [0.2, 0.25) is 0 Å². The second kappa shape index (κ2) is 6.26. The molecule has 1 aromatic rings. The molecule has 1 aliphatic rings. The van der Waals surface area contributed by atoms with Crippen LogP contribution in [-0.2, 0) is 4.74 Å². The first-order valence-electron chi connectivity index (χ1n) is 6.83. The second-order valence-corrected chi connectivity index (χ2v) is 5.34. The van der Waals surface area contributed by atoms with Crippen LogP contribution >= 0.6 is 0 Å². The summed E-state index contributed by atoms with van der Waals surface area (Å²) in [5.74, 6) is 0.907. The highest BCUT2D eigenvalue weighted by molar-refractivity contribution is 5.58. The van der Waals surface area contributed by atoms with Crippen molar-refractivity contribution >= 4 is 5.69 Å². The smallest absolute Gasteiger partial charge is 0.142 e. The summed E-state index contributed by atoms with van der Waals surface area (Å²) in [4.78, 5) is 2.25. The third kappa shape index (κ3) is 3.19. The van der Waals surface area contributed by atoms with Crippen molar-refractivity contribution in [2.24, 2.45) is 11.1 Å². The van der Waals surface area contributed by atoms with Crippen LogP contribution in [-0.4, -0.2) is 40.5 Å². The van der Waals surface area contributed by atoms with Crippen LogP contribution in [0.15, 0.2) is 24.3 Å². The molecule has 0 spiro atoms. The van der Waals surface area contributed by atoms with Gasteiger partial charge in [-0.15, -0.1) is 0 Å². The lowest BCUT2D eigenvalue weighted by Crippen LogP contribution is -2.45. The fourth-order valence-corrected chi connectivity index (χ4v) is 2.76. The molecule has 1 fully saturated rings. The Morgan fingerprint density at radius 3 is 2.63 bits per heavy atom. The van der Waals surface area contributed by atoms with Crippen molar-refractivity contribution in [3.05, 3.63) is 24.3 Å². The number of para-hydroxylation sites is 2. The van der Waals surface area contributed by atoms with E-state index in [9.17, 15) is 0 Å². The summed E-state index contributed by atoms with van der Waals surface area (Å²) in [6, 6.07) is 8.10. The van der Waals surface area contributed by atoms with E-state index in [0.717, 1.165) is 44.0 Å². The largest absolute Gasteiger partial charge is 0.495 e. The highest BCUT2D eigenvalue weighted by Crippen LogP contribution is 2.34. The quantitative estimate of drug-likeness (QED) is 0.882. The van der Waals surface area contributed by atoms with E-state index in [1.54, 1.807) is 7.11 Å². The average Bonchev–Trinajstić information content (AvgIpc) is 2.48. The Labute approximate surface area is 115 Å². The lowest BCUT2D eigenvalue weighted by molar-refractivity contribution is 0.0228. The third-order valence-electron chi connectivity index (χ3n) is 4.06. The molecule has 0 aromatic heterocycles. The number of rotatable bonds is 5. The number of benzene rings is 1. The van der Waals surface area contributed by atoms with Gasteiger partial charge in [-0.25, -0.2) is 0 Å². The van der Waals surface area contributed by atoms with Crippen molar-refractivity contribution < 1.29 is 9.47 Å². The van der Waals surface area contributed by atoms with Crippen LogP contribution < -0.4 is 15.4 Å². The first kappa shape index (κ1) is 14.2. The molecule has 1 heterocycles. The molecule has 4 nitrogen and oxygen atoms in total. The van der Waals surface area contributed by atoms with Gasteiger partial charge in [0.05, 0.1) is 12.8 Å². The van der Waals surface area contributed by atoms with Gasteiger partial charge in [0.15, 0.2) is 0 Å². The molecule has 1 aromatic carbocycles. The highest BCUT2D eigenvalue weighted by atomic mass is 16.5. The van der Waals surface area contributed by atoms with Gasteiger partial charge in [0, 0.05) is 32.2 Å². The van der Waals surface area contributed by atoms with E-state index in [1.165, 1.54) is 0 Å². The summed E-state index contributed by atoms with van der Waals surface area (Å²) >= 11 is 0. The van der Waals surface area contributed by atoms with Gasteiger partial charge in [-0.3, -0.25) is 0 Å². The number of methoxy groups -OCH3 is 1. The van der Waals surface area contributed by atoms with Crippen LogP contribution in [0.5, 0.6) is 5.75 Å². The number of nitrogens with zero attached hydrogens (tertiary/aromatic N) is 1. The van der Waals surface area contributed by atoms with Crippen LogP contribution in [0, 0.1) is 5.41 Å². The minimum absolute atomic E-state index is 0.161. The predicted molar refractivity (Wildman–Crippen MR) is 77.8 cm³/mol. The molecule has 0 unspecified atom stereocenters. The van der Waals surface area contributed by atoms with Crippen LogP contribution in [0.1, 0.15) is 12.8 Å². The topological polar surface area (TPSA) is 47.7 Å². The molecule has 0 saturated carbocycles. The van der Waals surface area contributed by atoms with Crippen molar-refractivity contribution in [3.8, 4) is 5.75 Å². The van der Waals surface area contributed by atoms with E-state index < -0.39 is 0 Å². The molecule has 19 heavy (non-hydrogen) atoms. The molecule has 0 bridgehead atoms. The van der Waals surface area contributed by atoms with Crippen molar-refractivity contribution in [1.82, 2.24) is 0 Å². The molecule has 0 aliphatic carbocycles. The van der Waals surface area contributed by atoms with Gasteiger partial charge in [-0.05, 0) is 31.5 Å². The van der Waals surface area contributed by atoms with Crippen LogP contribution in [0.3, 0.4) is 0 Å². The van der Waals surface area contributed by atoms with Crippen molar-refractivity contribution in [2.45, 2.75) is 12.8 Å². The maximum absolute atomic E-state index is 6.02. The SMILES string of the molecule is COc1ccccc1N(C)CC1(CN)CCOCC1. The fourth-order valence-electron chi connectivity index (χ4n) is 2.76. The van der Waals surface area contributed by atoms with E-state index in [-0.39, 0.29) is 5.41 Å². The van der Waals surface area contributed by atoms with Crippen molar-refractivity contribution in [1.29, 1.82) is 0 Å². The van der Waals surface area contributed by atoms with Gasteiger partial charge in [-0.2, -0.15) is 0 Å². The van der Waals surface area contributed by atoms with E-state index in [4.69, 9.17) is 15.2 Å². The van der Waals surface area contributed by atoms with Crippen LogP contribution in [0.4, 0.5) is 5.69 Å². The zero-order valence-corrected chi connectivity index (χ0v) is 11.9. The number of hydrogen-bond acceptors (Lipinski definition) is 4. The molecule has 2 N–H and O–H groups in total. The Bertz CT molecular complexity index is 403. The van der Waals surface area contributed by atoms with E-state index in [0.29, 0.717) is 6.54 Å². The third-order valence-corrected chi connectivity index (χ3v) is 4.06. The van der Waals surface area contributed by atoms with E-state index >= 15 is 0 Å². The molecule has 0 atom stereocenters. The van der Waals surface area contributed by atoms with E-state index in [1.807, 2.05) is 18.2 Å². The average molecular weight is 264 g/mol. The molecule has 0 amide bonds. The molecule has 2 rings (SSSR count). The standard InChI is InChI=1S/C15H24N2O2/c1-17(13-5-3-4-6-14(13)18-2)12-15(11-16)7-9-19-10-8-15/h3-6H,7-12,16H2,1-2H3. The van der Waals surface area contributed by atoms with Crippen molar-refractivity contribution in [3.63, 3.8) is 0 Å². The maximum atomic E-state index is 6.02. The van der Waals surface area contributed by atoms with Gasteiger partial charge in [0.1, 0.15) is 5.75 Å². The summed E-state index contributed by atoms with van der Waals surface area (Å²) < 4.78 is 10.9. The molecule has 106 valence electrons. The maximum Gasteiger partial charge on any atom is 0.142 e. The summed E-state index contributed by atoms with van der Waals surface area (Å²) in [6.07, 6.45) is 2.06. The molecular weight excluding hydrogens is 240 g/mol. The summed E-state index contributed by atoms with van der Waals surface area (Å²) in [5, 5.41) is 0. The Hall–Kier alpha value is -1.26. The molecular formula is C15H24N2O2. The number of nitrogens with two attached hydrogens (primary N) is 1. The van der Waals surface area contributed by atoms with Crippen LogP contribution in [0.25, 0.3) is 0 Å². The van der Waals surface area contributed by atoms with Gasteiger partial charge < -0.3 is 20.1 Å². The normalized spacial score (nSPS) is 18.1. The molecule has 0 radical (unpaired) electrons. The van der Waals surface area contributed by atoms with Gasteiger partial charge >= 0.3 is 0 Å². The summed E-state index contributed by atoms with van der Waals surface area (Å²) in [5.41, 5.74) is 7.30. The predicted octanol–water partition coefficient (Wildman–Crippen LogP) is 1.89. The Balaban J connectivity index is 2.12. The van der Waals surface area contributed by atoms with Gasteiger partial charge in [0.2, 0.25) is 0 Å². The van der Waals surface area contributed by atoms with E-state index in [2.05, 4.69) is 18.0 Å². The van der Waals surface area contributed by atoms with Crippen molar-refractivity contribution in [2.75, 3.05) is 45.4 Å². The number of ether oxygens (including phenoxy) is 2. The zero-order chi connectivity index (χ0) is 13.7. The lowest BCUT2D eigenvalue weighted by atomic mass is 9.79. The lowest BCUT2D eigenvalue weighted by Gasteiger charge is -2.40. The molecule has 1 aliphatic heterocycles. The molecule has 1 saturated heterocycles. The Kier molecular flexibility index (Phi) is 4.66.